The molecular weight excluding hydrogens is 190 g/mol. The van der Waals surface area contributed by atoms with Crippen molar-refractivity contribution in [2.45, 2.75) is 0 Å². The summed E-state index contributed by atoms with van der Waals surface area (Å²) in [7, 11) is 0. The van der Waals surface area contributed by atoms with Gasteiger partial charge in [-0.1, -0.05) is 43.0 Å². The van der Waals surface area contributed by atoms with Gasteiger partial charge < -0.3 is 0 Å². The number of nitrogens with one attached hydrogen (secondary N) is 1. The molecule has 3 nitrogen and oxygen atoms in total. The van der Waals surface area contributed by atoms with E-state index in [9.17, 15) is 9.59 Å². The molecule has 0 aliphatic carbocycles. The number of rotatable bonds is 1. The van der Waals surface area contributed by atoms with Gasteiger partial charge in [-0.05, 0) is 5.56 Å². The molecule has 0 radical (unpaired) electrons. The second kappa shape index (κ2) is 5.54. The van der Waals surface area contributed by atoms with Crippen molar-refractivity contribution in [1.29, 1.82) is 0 Å². The van der Waals surface area contributed by atoms with Crippen molar-refractivity contribution >= 4 is 17.9 Å². The minimum atomic E-state index is -0.329. The molecule has 0 saturated carbocycles. The van der Waals surface area contributed by atoms with Crippen LogP contribution >= 0.6 is 0 Å². The lowest BCUT2D eigenvalue weighted by atomic mass is 10.2. The van der Waals surface area contributed by atoms with Gasteiger partial charge in [0.1, 0.15) is 0 Å². The van der Waals surface area contributed by atoms with Crippen LogP contribution in [-0.2, 0) is 9.59 Å². The topological polar surface area (TPSA) is 46.2 Å². The second-order valence-electron chi connectivity index (χ2n) is 2.80. The van der Waals surface area contributed by atoms with E-state index in [2.05, 4.69) is 6.58 Å². The monoisotopic (exact) mass is 201 g/mol. The maximum absolute atomic E-state index is 10.0. The summed E-state index contributed by atoms with van der Waals surface area (Å²) in [5, 5.41) is 2.03. The van der Waals surface area contributed by atoms with Crippen molar-refractivity contribution in [3.63, 3.8) is 0 Å². The van der Waals surface area contributed by atoms with Gasteiger partial charge in [-0.2, -0.15) is 0 Å². The molecule has 0 fully saturated rings. The number of imide groups is 1. The van der Waals surface area contributed by atoms with Gasteiger partial charge >= 0.3 is 0 Å². The number of hydrogen-bond acceptors (Lipinski definition) is 2. The third-order valence-corrected chi connectivity index (χ3v) is 1.67. The van der Waals surface area contributed by atoms with E-state index in [-0.39, 0.29) is 11.8 Å². The van der Waals surface area contributed by atoms with Crippen molar-refractivity contribution in [2.24, 2.45) is 0 Å². The molecule has 0 bridgehead atoms. The van der Waals surface area contributed by atoms with Crippen LogP contribution < -0.4 is 5.32 Å². The molecule has 2 rings (SSSR count). The average molecular weight is 201 g/mol. The van der Waals surface area contributed by atoms with Gasteiger partial charge in [0, 0.05) is 12.2 Å². The number of hydrogen-bond donors (Lipinski definition) is 1. The first kappa shape index (κ1) is 10.9. The fourth-order valence-electron chi connectivity index (χ4n) is 0.945. The van der Waals surface area contributed by atoms with Crippen molar-refractivity contribution in [3.05, 3.63) is 54.6 Å². The molecule has 1 N–H and O–H groups in total. The Morgan fingerprint density at radius 2 is 1.53 bits per heavy atom. The van der Waals surface area contributed by atoms with Crippen LogP contribution in [0, 0.1) is 0 Å². The van der Waals surface area contributed by atoms with Gasteiger partial charge in [0.05, 0.1) is 0 Å². The molecule has 0 aromatic heterocycles. The van der Waals surface area contributed by atoms with Crippen LogP contribution in [0.3, 0.4) is 0 Å². The minimum absolute atomic E-state index is 0.329. The summed E-state index contributed by atoms with van der Waals surface area (Å²) in [5.74, 6) is -0.657. The molecule has 76 valence electrons. The van der Waals surface area contributed by atoms with E-state index in [0.29, 0.717) is 0 Å². The highest BCUT2D eigenvalue weighted by molar-refractivity contribution is 6.12. The molecule has 1 aromatic rings. The van der Waals surface area contributed by atoms with Crippen LogP contribution in [0.5, 0.6) is 0 Å². The van der Waals surface area contributed by atoms with E-state index in [1.165, 1.54) is 17.7 Å². The highest BCUT2D eigenvalue weighted by Gasteiger charge is 2.06. The van der Waals surface area contributed by atoms with Gasteiger partial charge in [-0.15, -0.1) is 0 Å². The SMILES string of the molecule is C=Cc1ccccc1.O=C1C=CC(=O)N1. The van der Waals surface area contributed by atoms with Crippen molar-refractivity contribution in [2.75, 3.05) is 0 Å². The quantitative estimate of drug-likeness (QED) is 0.700. The fourth-order valence-corrected chi connectivity index (χ4v) is 0.945. The van der Waals surface area contributed by atoms with Crippen molar-refractivity contribution in [3.8, 4) is 0 Å². The Morgan fingerprint density at radius 1 is 1.00 bits per heavy atom. The highest BCUT2D eigenvalue weighted by Crippen LogP contribution is 1.97. The molecule has 3 heteroatoms. The standard InChI is InChI=1S/C8H8.C4H3NO2/c1-2-8-6-4-3-5-7-8;6-3-1-2-4(7)5-3/h2-7H,1H2;1-2H,(H,5,6,7). The lowest BCUT2D eigenvalue weighted by molar-refractivity contribution is -0.123. The Bertz CT molecular complexity index is 377. The maximum Gasteiger partial charge on any atom is 0.250 e. The van der Waals surface area contributed by atoms with E-state index in [4.69, 9.17) is 0 Å². The number of carbonyl (C=O) groups is 2. The zero-order valence-electron chi connectivity index (χ0n) is 8.14. The summed E-state index contributed by atoms with van der Waals surface area (Å²) in [5.41, 5.74) is 1.17. The molecule has 1 aromatic carbocycles. The molecular formula is C12H11NO2. The Morgan fingerprint density at radius 3 is 1.80 bits per heavy atom. The van der Waals surface area contributed by atoms with Crippen LogP contribution in [0.2, 0.25) is 0 Å². The van der Waals surface area contributed by atoms with Gasteiger partial charge in [-0.25, -0.2) is 0 Å². The van der Waals surface area contributed by atoms with Crippen LogP contribution in [0.15, 0.2) is 49.1 Å². The maximum atomic E-state index is 10.0. The largest absolute Gasteiger partial charge is 0.289 e. The summed E-state index contributed by atoms with van der Waals surface area (Å²) in [6.45, 7) is 3.63. The third-order valence-electron chi connectivity index (χ3n) is 1.67. The first-order valence-electron chi connectivity index (χ1n) is 4.43. The number of carbonyl (C=O) groups excluding carboxylic acids is 2. The lowest BCUT2D eigenvalue weighted by Gasteiger charge is -1.85. The van der Waals surface area contributed by atoms with Crippen molar-refractivity contribution in [1.82, 2.24) is 5.32 Å². The summed E-state index contributed by atoms with van der Waals surface area (Å²) >= 11 is 0. The normalized spacial score (nSPS) is 12.8. The van der Waals surface area contributed by atoms with Gasteiger partial charge in [0.25, 0.3) is 11.8 Å². The molecule has 1 aliphatic heterocycles. The molecule has 2 amide bonds. The first-order chi connectivity index (χ1) is 7.22. The van der Waals surface area contributed by atoms with Gasteiger partial charge in [0.2, 0.25) is 0 Å². The van der Waals surface area contributed by atoms with E-state index >= 15 is 0 Å². The van der Waals surface area contributed by atoms with Crippen molar-refractivity contribution < 1.29 is 9.59 Å². The summed E-state index contributed by atoms with van der Waals surface area (Å²) in [6.07, 6.45) is 4.23. The predicted octanol–water partition coefficient (Wildman–Crippen LogP) is 1.53. The zero-order chi connectivity index (χ0) is 11.1. The van der Waals surface area contributed by atoms with E-state index in [1.807, 2.05) is 41.7 Å². The van der Waals surface area contributed by atoms with E-state index in [0.717, 1.165) is 0 Å². The molecule has 0 saturated heterocycles. The Balaban J connectivity index is 0.000000151. The molecule has 0 unspecified atom stereocenters. The molecule has 15 heavy (non-hydrogen) atoms. The number of amides is 2. The molecule has 0 atom stereocenters. The van der Waals surface area contributed by atoms with Crippen LogP contribution in [0.4, 0.5) is 0 Å². The smallest absolute Gasteiger partial charge is 0.250 e. The lowest BCUT2D eigenvalue weighted by Crippen LogP contribution is -2.19. The predicted molar refractivity (Wildman–Crippen MR) is 58.8 cm³/mol. The third kappa shape index (κ3) is 4.04. The zero-order valence-corrected chi connectivity index (χ0v) is 8.14. The minimum Gasteiger partial charge on any atom is -0.289 e. The number of benzene rings is 1. The summed E-state index contributed by atoms with van der Waals surface area (Å²) in [6, 6.07) is 10.0. The highest BCUT2D eigenvalue weighted by atomic mass is 16.2. The van der Waals surface area contributed by atoms with Gasteiger partial charge in [0.15, 0.2) is 0 Å². The summed E-state index contributed by atoms with van der Waals surface area (Å²) in [4.78, 5) is 20.1. The molecule has 0 spiro atoms. The van der Waals surface area contributed by atoms with E-state index < -0.39 is 0 Å². The Hall–Kier alpha value is -2.16. The summed E-state index contributed by atoms with van der Waals surface area (Å²) < 4.78 is 0. The Kier molecular flexibility index (Phi) is 4.04. The average Bonchev–Trinajstić information content (AvgIpc) is 2.65. The Labute approximate surface area is 88.1 Å². The molecule has 1 aliphatic rings. The van der Waals surface area contributed by atoms with Gasteiger partial charge in [-0.3, -0.25) is 14.9 Å². The van der Waals surface area contributed by atoms with Crippen LogP contribution in [0.25, 0.3) is 6.08 Å². The second-order valence-corrected chi connectivity index (χ2v) is 2.80. The first-order valence-corrected chi connectivity index (χ1v) is 4.43. The van der Waals surface area contributed by atoms with Crippen LogP contribution in [0.1, 0.15) is 5.56 Å². The molecule has 1 heterocycles. The fraction of sp³-hybridized carbons (Fsp3) is 0. The van der Waals surface area contributed by atoms with E-state index in [1.54, 1.807) is 0 Å². The van der Waals surface area contributed by atoms with Crippen LogP contribution in [-0.4, -0.2) is 11.8 Å².